The van der Waals surface area contributed by atoms with Gasteiger partial charge in [0.05, 0.1) is 17.9 Å². The van der Waals surface area contributed by atoms with Gasteiger partial charge in [0.15, 0.2) is 0 Å². The van der Waals surface area contributed by atoms with Gasteiger partial charge in [-0.2, -0.15) is 0 Å². The Morgan fingerprint density at radius 1 is 1.16 bits per heavy atom. The highest BCUT2D eigenvalue weighted by molar-refractivity contribution is 5.73. The van der Waals surface area contributed by atoms with Crippen molar-refractivity contribution in [3.8, 4) is 0 Å². The monoisotopic (exact) mass is 276 g/mol. The lowest BCUT2D eigenvalue weighted by atomic mass is 9.91. The van der Waals surface area contributed by atoms with E-state index in [1.54, 1.807) is 13.8 Å². The topological polar surface area (TPSA) is 63.6 Å². The first kappa shape index (κ1) is 23.1. The van der Waals surface area contributed by atoms with Gasteiger partial charge in [0, 0.05) is 0 Å². The van der Waals surface area contributed by atoms with Gasteiger partial charge in [0.1, 0.15) is 0 Å². The molecule has 0 saturated heterocycles. The zero-order valence-electron chi connectivity index (χ0n) is 13.9. The van der Waals surface area contributed by atoms with Gasteiger partial charge < -0.3 is 9.84 Å². The lowest BCUT2D eigenvalue weighted by molar-refractivity contribution is -0.148. The van der Waals surface area contributed by atoms with Crippen LogP contribution in [0.4, 0.5) is 0 Å². The predicted octanol–water partition coefficient (Wildman–Crippen LogP) is 4.13. The summed E-state index contributed by atoms with van der Waals surface area (Å²) in [5.74, 6) is -0.745. The van der Waals surface area contributed by atoms with Crippen molar-refractivity contribution in [3.63, 3.8) is 0 Å². The highest BCUT2D eigenvalue weighted by Gasteiger charge is 2.23. The number of carbonyl (C=O) groups is 2. The van der Waals surface area contributed by atoms with Gasteiger partial charge in [-0.3, -0.25) is 9.59 Å². The van der Waals surface area contributed by atoms with E-state index < -0.39 is 11.4 Å². The second kappa shape index (κ2) is 13.4. The average Bonchev–Trinajstić information content (AvgIpc) is 2.40. The summed E-state index contributed by atoms with van der Waals surface area (Å²) >= 11 is 0. The van der Waals surface area contributed by atoms with Crippen LogP contribution in [-0.4, -0.2) is 23.7 Å². The first-order valence-corrected chi connectivity index (χ1v) is 7.12. The Kier molecular flexibility index (Phi) is 16.2. The summed E-state index contributed by atoms with van der Waals surface area (Å²) in [6.45, 7) is 15.5. The summed E-state index contributed by atoms with van der Waals surface area (Å²) in [5, 5.41) is 8.44. The number of esters is 1. The third-order valence-electron chi connectivity index (χ3n) is 2.76. The first-order valence-electron chi connectivity index (χ1n) is 7.12. The molecule has 0 aliphatic rings. The highest BCUT2D eigenvalue weighted by Crippen LogP contribution is 2.18. The summed E-state index contributed by atoms with van der Waals surface area (Å²) in [4.78, 5) is 21.0. The van der Waals surface area contributed by atoms with E-state index in [0.717, 1.165) is 6.42 Å². The van der Waals surface area contributed by atoms with Crippen molar-refractivity contribution in [2.75, 3.05) is 6.61 Å². The normalized spacial score (nSPS) is 11.2. The molecule has 0 amide bonds. The minimum Gasteiger partial charge on any atom is -0.481 e. The molecule has 1 N–H and O–H groups in total. The number of carboxylic acids is 1. The fraction of sp³-hybridized carbons (Fsp3) is 0.867. The molecule has 0 heterocycles. The van der Waals surface area contributed by atoms with Crippen molar-refractivity contribution >= 4 is 11.9 Å². The quantitative estimate of drug-likeness (QED) is 0.767. The SMILES string of the molecule is CC.CCC(C)(C)C(=O)O.CCOC(=O)C(C)CC. The second-order valence-electron chi connectivity index (χ2n) is 4.60. The summed E-state index contributed by atoms with van der Waals surface area (Å²) in [6, 6.07) is 0. The first-order chi connectivity index (χ1) is 8.72. The molecule has 116 valence electrons. The number of ether oxygens (including phenoxy) is 1. The molecule has 0 aromatic carbocycles. The van der Waals surface area contributed by atoms with E-state index in [0.29, 0.717) is 13.0 Å². The standard InChI is InChI=1S/C7H14O2.C6H12O2.C2H6/c1-4-6(3)7(8)9-5-2;1-4-6(2,3)5(7)8;1-2/h6H,4-5H2,1-3H3;4H2,1-3H3,(H,7,8);1-2H3. The van der Waals surface area contributed by atoms with Crippen molar-refractivity contribution in [2.45, 2.75) is 68.2 Å². The number of rotatable bonds is 5. The van der Waals surface area contributed by atoms with Crippen molar-refractivity contribution in [1.29, 1.82) is 0 Å². The lowest BCUT2D eigenvalue weighted by Crippen LogP contribution is -2.21. The number of carboxylic acid groups (broad SMARTS) is 1. The van der Waals surface area contributed by atoms with Gasteiger partial charge in [-0.05, 0) is 33.6 Å². The summed E-state index contributed by atoms with van der Waals surface area (Å²) in [6.07, 6.45) is 1.54. The minimum absolute atomic E-state index is 0.0601. The second-order valence-corrected chi connectivity index (χ2v) is 4.60. The van der Waals surface area contributed by atoms with Crippen LogP contribution in [0, 0.1) is 11.3 Å². The molecule has 1 atom stereocenters. The van der Waals surface area contributed by atoms with Crippen LogP contribution in [0.25, 0.3) is 0 Å². The van der Waals surface area contributed by atoms with Gasteiger partial charge in [-0.15, -0.1) is 0 Å². The van der Waals surface area contributed by atoms with Gasteiger partial charge in [0.2, 0.25) is 0 Å². The fourth-order valence-corrected chi connectivity index (χ4v) is 0.602. The van der Waals surface area contributed by atoms with Crippen LogP contribution < -0.4 is 0 Å². The molecular formula is C15H32O4. The maximum absolute atomic E-state index is 10.8. The van der Waals surface area contributed by atoms with E-state index in [-0.39, 0.29) is 11.9 Å². The molecule has 0 spiro atoms. The molecule has 1 unspecified atom stereocenters. The number of carbonyl (C=O) groups excluding carboxylic acids is 1. The summed E-state index contributed by atoms with van der Waals surface area (Å²) in [7, 11) is 0. The Hall–Kier alpha value is -1.06. The van der Waals surface area contributed by atoms with Crippen LogP contribution in [-0.2, 0) is 14.3 Å². The Labute approximate surface area is 118 Å². The largest absolute Gasteiger partial charge is 0.481 e. The van der Waals surface area contributed by atoms with Gasteiger partial charge in [0.25, 0.3) is 0 Å². The van der Waals surface area contributed by atoms with E-state index in [4.69, 9.17) is 9.84 Å². The molecule has 0 fully saturated rings. The molecule has 4 nitrogen and oxygen atoms in total. The van der Waals surface area contributed by atoms with E-state index in [1.165, 1.54) is 0 Å². The maximum Gasteiger partial charge on any atom is 0.309 e. The molecule has 0 aliphatic carbocycles. The molecule has 0 rings (SSSR count). The number of aliphatic carboxylic acids is 1. The Morgan fingerprint density at radius 3 is 1.74 bits per heavy atom. The highest BCUT2D eigenvalue weighted by atomic mass is 16.5. The molecular weight excluding hydrogens is 244 g/mol. The molecule has 4 heteroatoms. The Morgan fingerprint density at radius 2 is 1.58 bits per heavy atom. The summed E-state index contributed by atoms with van der Waals surface area (Å²) in [5.41, 5.74) is -0.542. The smallest absolute Gasteiger partial charge is 0.309 e. The van der Waals surface area contributed by atoms with E-state index in [2.05, 4.69) is 0 Å². The number of hydrogen-bond donors (Lipinski definition) is 1. The van der Waals surface area contributed by atoms with Gasteiger partial charge >= 0.3 is 11.9 Å². The van der Waals surface area contributed by atoms with E-state index >= 15 is 0 Å². The lowest BCUT2D eigenvalue weighted by Gasteiger charge is -2.14. The minimum atomic E-state index is -0.722. The van der Waals surface area contributed by atoms with E-state index in [9.17, 15) is 9.59 Å². The maximum atomic E-state index is 10.8. The van der Waals surface area contributed by atoms with Crippen LogP contribution in [0.2, 0.25) is 0 Å². The molecule has 0 bridgehead atoms. The fourth-order valence-electron chi connectivity index (χ4n) is 0.602. The predicted molar refractivity (Wildman–Crippen MR) is 79.1 cm³/mol. The van der Waals surface area contributed by atoms with Gasteiger partial charge in [-0.25, -0.2) is 0 Å². The molecule has 0 aromatic heterocycles. The zero-order chi connectivity index (χ0) is 16.1. The average molecular weight is 276 g/mol. The molecule has 0 aromatic rings. The third kappa shape index (κ3) is 13.2. The van der Waals surface area contributed by atoms with Crippen LogP contribution >= 0.6 is 0 Å². The van der Waals surface area contributed by atoms with Crippen LogP contribution in [0.1, 0.15) is 68.2 Å². The molecule has 19 heavy (non-hydrogen) atoms. The van der Waals surface area contributed by atoms with Crippen molar-refractivity contribution in [1.82, 2.24) is 0 Å². The van der Waals surface area contributed by atoms with Crippen LogP contribution in [0.15, 0.2) is 0 Å². The number of hydrogen-bond acceptors (Lipinski definition) is 3. The Balaban J connectivity index is -0.000000239. The van der Waals surface area contributed by atoms with Crippen molar-refractivity contribution in [2.24, 2.45) is 11.3 Å². The molecule has 0 aliphatic heterocycles. The van der Waals surface area contributed by atoms with Gasteiger partial charge in [-0.1, -0.05) is 34.6 Å². The van der Waals surface area contributed by atoms with E-state index in [1.807, 2.05) is 41.5 Å². The Bertz CT molecular complexity index is 234. The zero-order valence-corrected chi connectivity index (χ0v) is 13.9. The van der Waals surface area contributed by atoms with Crippen LogP contribution in [0.5, 0.6) is 0 Å². The molecule has 0 radical (unpaired) electrons. The third-order valence-corrected chi connectivity index (χ3v) is 2.76. The van der Waals surface area contributed by atoms with Crippen molar-refractivity contribution < 1.29 is 19.4 Å². The molecule has 0 saturated carbocycles. The summed E-state index contributed by atoms with van der Waals surface area (Å²) < 4.78 is 4.76. The van der Waals surface area contributed by atoms with Crippen molar-refractivity contribution in [3.05, 3.63) is 0 Å². The van der Waals surface area contributed by atoms with Crippen LogP contribution in [0.3, 0.4) is 0 Å².